The monoisotopic (exact) mass is 252 g/mol. The van der Waals surface area contributed by atoms with Crippen LogP contribution in [0.3, 0.4) is 0 Å². The molecule has 0 bridgehead atoms. The van der Waals surface area contributed by atoms with Crippen molar-refractivity contribution in [3.8, 4) is 5.75 Å². The van der Waals surface area contributed by atoms with Gasteiger partial charge in [0, 0.05) is 0 Å². The molecule has 1 saturated carbocycles. The second kappa shape index (κ2) is 5.98. The highest BCUT2D eigenvalue weighted by Gasteiger charge is 2.21. The molecule has 98 valence electrons. The molecule has 0 radical (unpaired) electrons. The average Bonchev–Trinajstić information content (AvgIpc) is 2.39. The summed E-state index contributed by atoms with van der Waals surface area (Å²) in [5.74, 6) is 1.42. The summed E-state index contributed by atoms with van der Waals surface area (Å²) in [7, 11) is 1.65. The van der Waals surface area contributed by atoms with Crippen molar-refractivity contribution in [2.75, 3.05) is 7.11 Å². The first-order valence-electron chi connectivity index (χ1n) is 6.36. The van der Waals surface area contributed by atoms with Crippen LogP contribution < -0.4 is 4.74 Å². The van der Waals surface area contributed by atoms with Gasteiger partial charge in [-0.25, -0.2) is 0 Å². The SMILES string of the molecule is COc1ccc(C2CCC(C=C(F)F)CC2)cc1. The first-order valence-corrected chi connectivity index (χ1v) is 6.36. The molecule has 1 nitrogen and oxygen atoms in total. The number of halogens is 2. The van der Waals surface area contributed by atoms with Crippen LogP contribution in [0.1, 0.15) is 37.2 Å². The van der Waals surface area contributed by atoms with Gasteiger partial charge in [-0.2, -0.15) is 8.78 Å². The lowest BCUT2D eigenvalue weighted by Crippen LogP contribution is -2.11. The molecule has 0 atom stereocenters. The molecule has 0 aliphatic heterocycles. The van der Waals surface area contributed by atoms with Crippen molar-refractivity contribution < 1.29 is 13.5 Å². The molecule has 0 saturated heterocycles. The molecule has 0 unspecified atom stereocenters. The van der Waals surface area contributed by atoms with Gasteiger partial charge in [-0.3, -0.25) is 0 Å². The molecule has 2 rings (SSSR count). The Kier molecular flexibility index (Phi) is 4.34. The van der Waals surface area contributed by atoms with Gasteiger partial charge in [0.15, 0.2) is 0 Å². The highest BCUT2D eigenvalue weighted by molar-refractivity contribution is 5.29. The van der Waals surface area contributed by atoms with Crippen LogP contribution in [0.2, 0.25) is 0 Å². The van der Waals surface area contributed by atoms with Crippen molar-refractivity contribution in [1.82, 2.24) is 0 Å². The molecule has 18 heavy (non-hydrogen) atoms. The van der Waals surface area contributed by atoms with Crippen LogP contribution in [-0.2, 0) is 0 Å². The van der Waals surface area contributed by atoms with Crippen molar-refractivity contribution in [2.24, 2.45) is 5.92 Å². The normalized spacial score (nSPS) is 23.5. The van der Waals surface area contributed by atoms with E-state index in [4.69, 9.17) is 4.74 Å². The fourth-order valence-corrected chi connectivity index (χ4v) is 2.67. The lowest BCUT2D eigenvalue weighted by Gasteiger charge is -2.26. The van der Waals surface area contributed by atoms with Crippen LogP contribution in [-0.4, -0.2) is 7.11 Å². The third-order valence-corrected chi connectivity index (χ3v) is 3.72. The van der Waals surface area contributed by atoms with E-state index in [1.807, 2.05) is 12.1 Å². The topological polar surface area (TPSA) is 9.23 Å². The minimum Gasteiger partial charge on any atom is -0.497 e. The Balaban J connectivity index is 1.94. The van der Waals surface area contributed by atoms with Gasteiger partial charge in [-0.15, -0.1) is 0 Å². The molecule has 0 amide bonds. The highest BCUT2D eigenvalue weighted by atomic mass is 19.3. The van der Waals surface area contributed by atoms with E-state index < -0.39 is 6.08 Å². The second-order valence-corrected chi connectivity index (χ2v) is 4.84. The Morgan fingerprint density at radius 3 is 2.22 bits per heavy atom. The molecular formula is C15H18F2O. The number of ether oxygens (including phenoxy) is 1. The number of rotatable bonds is 3. The standard InChI is InChI=1S/C15H18F2O/c1-18-14-8-6-13(7-9-14)12-4-2-11(3-5-12)10-15(16)17/h6-12H,2-5H2,1H3. The molecule has 1 aliphatic rings. The van der Waals surface area contributed by atoms with E-state index in [0.717, 1.165) is 37.5 Å². The molecule has 1 aromatic carbocycles. The van der Waals surface area contributed by atoms with E-state index >= 15 is 0 Å². The summed E-state index contributed by atoms with van der Waals surface area (Å²) in [5.41, 5.74) is 1.29. The third kappa shape index (κ3) is 3.31. The number of benzene rings is 1. The van der Waals surface area contributed by atoms with Crippen molar-refractivity contribution in [3.63, 3.8) is 0 Å². The molecule has 1 aliphatic carbocycles. The fraction of sp³-hybridized carbons (Fsp3) is 0.467. The van der Waals surface area contributed by atoms with Crippen molar-refractivity contribution >= 4 is 0 Å². The van der Waals surface area contributed by atoms with Crippen LogP contribution in [0.15, 0.2) is 36.4 Å². The minimum atomic E-state index is -1.54. The zero-order valence-electron chi connectivity index (χ0n) is 10.5. The summed E-state index contributed by atoms with van der Waals surface area (Å²) in [6.45, 7) is 0. The van der Waals surface area contributed by atoms with Crippen LogP contribution in [0.5, 0.6) is 5.75 Å². The Bertz CT molecular complexity index is 399. The summed E-state index contributed by atoms with van der Waals surface area (Å²) in [6.07, 6.45) is 3.26. The maximum absolute atomic E-state index is 12.2. The Morgan fingerprint density at radius 2 is 1.72 bits per heavy atom. The van der Waals surface area contributed by atoms with E-state index in [9.17, 15) is 8.78 Å². The van der Waals surface area contributed by atoms with Crippen LogP contribution >= 0.6 is 0 Å². The van der Waals surface area contributed by atoms with Crippen LogP contribution in [0.25, 0.3) is 0 Å². The van der Waals surface area contributed by atoms with E-state index in [0.29, 0.717) is 5.92 Å². The summed E-state index contributed by atoms with van der Waals surface area (Å²) in [5, 5.41) is 0. The van der Waals surface area contributed by atoms with Gasteiger partial charge in [-0.1, -0.05) is 12.1 Å². The third-order valence-electron chi connectivity index (χ3n) is 3.72. The highest BCUT2D eigenvalue weighted by Crippen LogP contribution is 2.37. The maximum Gasteiger partial charge on any atom is 0.266 e. The molecule has 0 aromatic heterocycles. The molecule has 0 heterocycles. The molecule has 0 spiro atoms. The van der Waals surface area contributed by atoms with Crippen LogP contribution in [0, 0.1) is 5.92 Å². The van der Waals surface area contributed by atoms with E-state index in [1.165, 1.54) is 5.56 Å². The average molecular weight is 252 g/mol. The van der Waals surface area contributed by atoms with E-state index in [-0.39, 0.29) is 5.92 Å². The summed E-state index contributed by atoms with van der Waals surface area (Å²) in [4.78, 5) is 0. The number of methoxy groups -OCH3 is 1. The Hall–Kier alpha value is -1.38. The molecular weight excluding hydrogens is 234 g/mol. The van der Waals surface area contributed by atoms with Gasteiger partial charge in [-0.05, 0) is 61.3 Å². The zero-order chi connectivity index (χ0) is 13.0. The predicted octanol–water partition coefficient (Wildman–Crippen LogP) is 4.75. The van der Waals surface area contributed by atoms with Crippen molar-refractivity contribution in [2.45, 2.75) is 31.6 Å². The maximum atomic E-state index is 12.2. The lowest BCUT2D eigenvalue weighted by atomic mass is 9.79. The van der Waals surface area contributed by atoms with Gasteiger partial charge in [0.1, 0.15) is 5.75 Å². The summed E-state index contributed by atoms with van der Waals surface area (Å²) >= 11 is 0. The second-order valence-electron chi connectivity index (χ2n) is 4.84. The lowest BCUT2D eigenvalue weighted by molar-refractivity contribution is 0.350. The van der Waals surface area contributed by atoms with Gasteiger partial charge in [0.05, 0.1) is 7.11 Å². The molecule has 0 N–H and O–H groups in total. The number of hydrogen-bond acceptors (Lipinski definition) is 1. The quantitative estimate of drug-likeness (QED) is 0.754. The predicted molar refractivity (Wildman–Crippen MR) is 68.0 cm³/mol. The first-order chi connectivity index (χ1) is 8.69. The Morgan fingerprint density at radius 1 is 1.11 bits per heavy atom. The number of hydrogen-bond donors (Lipinski definition) is 0. The van der Waals surface area contributed by atoms with E-state index in [2.05, 4.69) is 12.1 Å². The van der Waals surface area contributed by atoms with Crippen molar-refractivity contribution in [1.29, 1.82) is 0 Å². The largest absolute Gasteiger partial charge is 0.497 e. The van der Waals surface area contributed by atoms with Gasteiger partial charge in [0.2, 0.25) is 0 Å². The minimum absolute atomic E-state index is 0.0597. The summed E-state index contributed by atoms with van der Waals surface area (Å²) < 4.78 is 29.5. The van der Waals surface area contributed by atoms with Crippen LogP contribution in [0.4, 0.5) is 8.78 Å². The summed E-state index contributed by atoms with van der Waals surface area (Å²) in [6, 6.07) is 8.08. The molecule has 1 aromatic rings. The van der Waals surface area contributed by atoms with Gasteiger partial charge < -0.3 is 4.74 Å². The smallest absolute Gasteiger partial charge is 0.266 e. The Labute approximate surface area is 106 Å². The van der Waals surface area contributed by atoms with E-state index in [1.54, 1.807) is 7.11 Å². The van der Waals surface area contributed by atoms with Gasteiger partial charge >= 0.3 is 0 Å². The molecule has 1 fully saturated rings. The fourth-order valence-electron chi connectivity index (χ4n) is 2.67. The zero-order valence-corrected chi connectivity index (χ0v) is 10.5. The van der Waals surface area contributed by atoms with Gasteiger partial charge in [0.25, 0.3) is 6.08 Å². The van der Waals surface area contributed by atoms with Crippen molar-refractivity contribution in [3.05, 3.63) is 42.0 Å². The number of allylic oxidation sites excluding steroid dienone is 1. The molecule has 3 heteroatoms. The first kappa shape index (κ1) is 13.1.